The summed E-state index contributed by atoms with van der Waals surface area (Å²) in [4.78, 5) is 25.8. The van der Waals surface area contributed by atoms with Crippen LogP contribution in [0, 0.1) is 0 Å². The number of fused-ring (bicyclic) bond motifs is 1. The van der Waals surface area contributed by atoms with Gasteiger partial charge in [-0.2, -0.15) is 0 Å². The summed E-state index contributed by atoms with van der Waals surface area (Å²) in [7, 11) is 0. The second-order valence-corrected chi connectivity index (χ2v) is 9.45. The van der Waals surface area contributed by atoms with Crippen molar-refractivity contribution in [3.63, 3.8) is 0 Å². The van der Waals surface area contributed by atoms with Crippen molar-refractivity contribution in [1.29, 1.82) is 0 Å². The van der Waals surface area contributed by atoms with Crippen molar-refractivity contribution in [2.24, 2.45) is 0 Å². The molecule has 0 spiro atoms. The summed E-state index contributed by atoms with van der Waals surface area (Å²) in [5.41, 5.74) is 4.39. The first-order chi connectivity index (χ1) is 20.3. The molecule has 0 amide bonds. The highest BCUT2D eigenvalue weighted by atomic mass is 16.6. The van der Waals surface area contributed by atoms with Gasteiger partial charge in [0, 0.05) is 17.2 Å². The Labute approximate surface area is 241 Å². The number of ketones is 1. The average molecular weight is 562 g/mol. The zero-order valence-electron chi connectivity index (χ0n) is 22.7. The van der Waals surface area contributed by atoms with Crippen LogP contribution in [-0.2, 0) is 9.53 Å². The van der Waals surface area contributed by atoms with Crippen LogP contribution in [-0.4, -0.2) is 50.2 Å². The number of benzene rings is 4. The number of hydrogen-bond acceptors (Lipinski definition) is 8. The summed E-state index contributed by atoms with van der Waals surface area (Å²) in [5, 5.41) is 29.8. The van der Waals surface area contributed by atoms with Gasteiger partial charge in [0.1, 0.15) is 47.2 Å². The van der Waals surface area contributed by atoms with E-state index in [4.69, 9.17) is 9.47 Å². The standard InChI is InChI=1S/C33H27N3O6/c1-21(2)33(40)42-18-17-41-25-14-15-26(30(37)20-25)32(39)24-12-9-22(10-13-24)7-8-23-11-16-29(31(38)19-23)36-34-27-5-3-4-6-28(27)35-36/h3-16,19-20,37-38H,1,17-18H2,2H3/b8-7+. The first-order valence-corrected chi connectivity index (χ1v) is 13.1. The van der Waals surface area contributed by atoms with E-state index in [1.165, 1.54) is 16.9 Å². The van der Waals surface area contributed by atoms with Crippen LogP contribution in [0.3, 0.4) is 0 Å². The fraction of sp³-hybridized carbons (Fsp3) is 0.0909. The number of hydrogen-bond donors (Lipinski definition) is 2. The lowest BCUT2D eigenvalue weighted by Crippen LogP contribution is -2.12. The SMILES string of the molecule is C=C(C)C(=O)OCCOc1ccc(C(=O)c2ccc(/C=C/c3ccc(-n4nc5ccccc5n4)c(O)c3)cc2)c(O)c1. The third kappa shape index (κ3) is 6.37. The van der Waals surface area contributed by atoms with E-state index in [1.54, 1.807) is 49.4 Å². The number of ether oxygens (including phenoxy) is 2. The predicted octanol–water partition coefficient (Wildman–Crippen LogP) is 5.73. The molecule has 0 fully saturated rings. The van der Waals surface area contributed by atoms with E-state index in [2.05, 4.69) is 16.8 Å². The van der Waals surface area contributed by atoms with Crippen molar-refractivity contribution >= 4 is 34.9 Å². The second-order valence-electron chi connectivity index (χ2n) is 9.45. The topological polar surface area (TPSA) is 124 Å². The van der Waals surface area contributed by atoms with Crippen molar-refractivity contribution in [1.82, 2.24) is 15.0 Å². The van der Waals surface area contributed by atoms with Crippen LogP contribution in [0.15, 0.2) is 97.1 Å². The second kappa shape index (κ2) is 12.2. The molecule has 5 rings (SSSR count). The summed E-state index contributed by atoms with van der Waals surface area (Å²) < 4.78 is 10.4. The quantitative estimate of drug-likeness (QED) is 0.0728. The van der Waals surface area contributed by atoms with Crippen LogP contribution >= 0.6 is 0 Å². The normalized spacial score (nSPS) is 11.1. The molecule has 0 radical (unpaired) electrons. The number of carbonyl (C=O) groups is 2. The lowest BCUT2D eigenvalue weighted by molar-refractivity contribution is -0.139. The van der Waals surface area contributed by atoms with Crippen LogP contribution < -0.4 is 4.74 Å². The van der Waals surface area contributed by atoms with Gasteiger partial charge in [0.15, 0.2) is 5.78 Å². The molecule has 1 heterocycles. The van der Waals surface area contributed by atoms with Gasteiger partial charge in [-0.25, -0.2) is 4.79 Å². The van der Waals surface area contributed by atoms with E-state index in [9.17, 15) is 19.8 Å². The van der Waals surface area contributed by atoms with Gasteiger partial charge in [0.2, 0.25) is 0 Å². The summed E-state index contributed by atoms with van der Waals surface area (Å²) in [5.74, 6) is -0.687. The first-order valence-electron chi connectivity index (χ1n) is 13.1. The van der Waals surface area contributed by atoms with Gasteiger partial charge in [-0.3, -0.25) is 4.79 Å². The van der Waals surface area contributed by atoms with Crippen LogP contribution in [0.2, 0.25) is 0 Å². The van der Waals surface area contributed by atoms with Gasteiger partial charge in [-0.1, -0.05) is 61.2 Å². The summed E-state index contributed by atoms with van der Waals surface area (Å²) in [6.07, 6.45) is 3.71. The Morgan fingerprint density at radius 3 is 2.14 bits per heavy atom. The number of nitrogens with zero attached hydrogens (tertiary/aromatic N) is 3. The highest BCUT2D eigenvalue weighted by Gasteiger charge is 2.15. The minimum Gasteiger partial charge on any atom is -0.507 e. The minimum absolute atomic E-state index is 0.0285. The van der Waals surface area contributed by atoms with E-state index in [0.717, 1.165) is 22.2 Å². The van der Waals surface area contributed by atoms with E-state index < -0.39 is 5.97 Å². The highest BCUT2D eigenvalue weighted by Crippen LogP contribution is 2.27. The monoisotopic (exact) mass is 561 g/mol. The van der Waals surface area contributed by atoms with E-state index in [1.807, 2.05) is 42.5 Å². The number of phenols is 2. The van der Waals surface area contributed by atoms with Gasteiger partial charge in [0.05, 0.1) is 5.56 Å². The molecule has 4 aromatic carbocycles. The van der Waals surface area contributed by atoms with Crippen LogP contribution in [0.4, 0.5) is 0 Å². The number of aromatic nitrogens is 3. The number of phenolic OH excluding ortho intramolecular Hbond substituents is 2. The molecule has 0 aliphatic heterocycles. The minimum atomic E-state index is -0.505. The van der Waals surface area contributed by atoms with Gasteiger partial charge >= 0.3 is 5.97 Å². The maximum absolute atomic E-state index is 13.0. The lowest BCUT2D eigenvalue weighted by atomic mass is 10.0. The molecule has 2 N–H and O–H groups in total. The van der Waals surface area contributed by atoms with Crippen molar-refractivity contribution in [2.45, 2.75) is 6.92 Å². The van der Waals surface area contributed by atoms with E-state index >= 15 is 0 Å². The molecule has 0 atom stereocenters. The van der Waals surface area contributed by atoms with Crippen LogP contribution in [0.25, 0.3) is 28.9 Å². The molecular weight excluding hydrogens is 534 g/mol. The lowest BCUT2D eigenvalue weighted by Gasteiger charge is -2.10. The number of esters is 1. The molecule has 5 aromatic rings. The number of carbonyl (C=O) groups excluding carboxylic acids is 2. The van der Waals surface area contributed by atoms with Gasteiger partial charge < -0.3 is 19.7 Å². The van der Waals surface area contributed by atoms with E-state index in [-0.39, 0.29) is 36.1 Å². The molecule has 9 nitrogen and oxygen atoms in total. The van der Waals surface area contributed by atoms with Crippen molar-refractivity contribution in [3.05, 3.63) is 119 Å². The fourth-order valence-corrected chi connectivity index (χ4v) is 4.08. The molecule has 0 saturated carbocycles. The zero-order valence-corrected chi connectivity index (χ0v) is 22.7. The van der Waals surface area contributed by atoms with Crippen molar-refractivity contribution in [2.75, 3.05) is 13.2 Å². The molecule has 1 aromatic heterocycles. The maximum atomic E-state index is 13.0. The maximum Gasteiger partial charge on any atom is 0.333 e. The molecule has 42 heavy (non-hydrogen) atoms. The molecule has 9 heteroatoms. The van der Waals surface area contributed by atoms with Gasteiger partial charge in [-0.15, -0.1) is 15.0 Å². The van der Waals surface area contributed by atoms with Crippen molar-refractivity contribution < 1.29 is 29.3 Å². The average Bonchev–Trinajstić information content (AvgIpc) is 3.42. The van der Waals surface area contributed by atoms with Crippen LogP contribution in [0.1, 0.15) is 34.0 Å². The predicted molar refractivity (Wildman–Crippen MR) is 159 cm³/mol. The first kappa shape index (κ1) is 27.9. The molecule has 210 valence electrons. The Balaban J connectivity index is 1.20. The molecular formula is C33H27N3O6. The number of rotatable bonds is 10. The smallest absolute Gasteiger partial charge is 0.333 e. The fourth-order valence-electron chi connectivity index (χ4n) is 4.08. The Bertz CT molecular complexity index is 1790. The Hall–Kier alpha value is -5.70. The van der Waals surface area contributed by atoms with Crippen molar-refractivity contribution in [3.8, 4) is 22.9 Å². The molecule has 0 saturated heterocycles. The largest absolute Gasteiger partial charge is 0.507 e. The zero-order chi connectivity index (χ0) is 29.6. The third-order valence-electron chi connectivity index (χ3n) is 6.29. The molecule has 0 aliphatic carbocycles. The number of aromatic hydroxyl groups is 2. The highest BCUT2D eigenvalue weighted by molar-refractivity contribution is 6.10. The Kier molecular flexibility index (Phi) is 8.10. The summed E-state index contributed by atoms with van der Waals surface area (Å²) >= 11 is 0. The summed E-state index contributed by atoms with van der Waals surface area (Å²) in [6, 6.07) is 24.0. The Morgan fingerprint density at radius 2 is 1.50 bits per heavy atom. The van der Waals surface area contributed by atoms with Crippen LogP contribution in [0.5, 0.6) is 17.2 Å². The molecule has 0 bridgehead atoms. The molecule has 0 aliphatic rings. The van der Waals surface area contributed by atoms with E-state index in [0.29, 0.717) is 22.6 Å². The van der Waals surface area contributed by atoms with Gasteiger partial charge in [0.25, 0.3) is 0 Å². The Morgan fingerprint density at radius 1 is 0.833 bits per heavy atom. The third-order valence-corrected chi connectivity index (χ3v) is 6.29. The summed E-state index contributed by atoms with van der Waals surface area (Å²) in [6.45, 7) is 5.17. The van der Waals surface area contributed by atoms with Gasteiger partial charge in [-0.05, 0) is 54.4 Å². The molecule has 0 unspecified atom stereocenters.